The van der Waals surface area contributed by atoms with E-state index in [9.17, 15) is 9.59 Å². The molecule has 116 valence electrons. The van der Waals surface area contributed by atoms with Crippen molar-refractivity contribution in [2.24, 2.45) is 0 Å². The van der Waals surface area contributed by atoms with Crippen LogP contribution in [0.2, 0.25) is 0 Å². The van der Waals surface area contributed by atoms with Gasteiger partial charge in [0.1, 0.15) is 13.2 Å². The van der Waals surface area contributed by atoms with Crippen LogP contribution >= 0.6 is 0 Å². The molecule has 1 aromatic carbocycles. The molecule has 1 rings (SSSR count). The Bertz CT molecular complexity index is 406. The fourth-order valence-electron chi connectivity index (χ4n) is 1.91. The summed E-state index contributed by atoms with van der Waals surface area (Å²) in [4.78, 5) is 23.0. The topological polar surface area (TPSA) is 52.6 Å². The summed E-state index contributed by atoms with van der Waals surface area (Å²) < 4.78 is 10.5. The maximum Gasteiger partial charge on any atom is 0.305 e. The lowest BCUT2D eigenvalue weighted by molar-refractivity contribution is -0.147. The summed E-state index contributed by atoms with van der Waals surface area (Å²) in [6, 6.07) is 9.67. The van der Waals surface area contributed by atoms with Gasteiger partial charge < -0.3 is 9.47 Å². The Morgan fingerprint density at radius 3 is 1.81 bits per heavy atom. The van der Waals surface area contributed by atoms with Crippen LogP contribution in [0, 0.1) is 0 Å². The van der Waals surface area contributed by atoms with Gasteiger partial charge in [-0.15, -0.1) is 0 Å². The Balaban J connectivity index is 2.58. The number of carbonyl (C=O) groups is 2. The second kappa shape index (κ2) is 9.97. The number of rotatable bonds is 9. The summed E-state index contributed by atoms with van der Waals surface area (Å²) >= 11 is 0. The summed E-state index contributed by atoms with van der Waals surface area (Å²) in [5.41, 5.74) is 1.01. The molecular formula is C17H24O4. The summed E-state index contributed by atoms with van der Waals surface area (Å²) in [7, 11) is 0. The average Bonchev–Trinajstić information content (AvgIpc) is 2.49. The molecule has 21 heavy (non-hydrogen) atoms. The third kappa shape index (κ3) is 6.93. The molecule has 1 aromatic rings. The maximum absolute atomic E-state index is 11.5. The number of ether oxygens (including phenoxy) is 2. The highest BCUT2D eigenvalue weighted by Gasteiger charge is 2.16. The highest BCUT2D eigenvalue weighted by Crippen LogP contribution is 2.17. The van der Waals surface area contributed by atoms with Gasteiger partial charge in [0.15, 0.2) is 0 Å². The lowest BCUT2D eigenvalue weighted by atomic mass is 10.0. The molecule has 0 aliphatic heterocycles. The Morgan fingerprint density at radius 2 is 1.38 bits per heavy atom. The Kier molecular flexibility index (Phi) is 8.17. The molecule has 0 aliphatic carbocycles. The van der Waals surface area contributed by atoms with E-state index in [1.165, 1.54) is 0 Å². The fraction of sp³-hybridized carbons (Fsp3) is 0.529. The summed E-state index contributed by atoms with van der Waals surface area (Å²) in [6.07, 6.45) is 2.36. The minimum atomic E-state index is -0.210. The number of hydrogen-bond acceptors (Lipinski definition) is 4. The van der Waals surface area contributed by atoms with Crippen LogP contribution in [0.4, 0.5) is 0 Å². The molecule has 0 saturated heterocycles. The van der Waals surface area contributed by atoms with E-state index in [0.717, 1.165) is 18.4 Å². The quantitative estimate of drug-likeness (QED) is 0.654. The molecule has 0 aliphatic rings. The number of benzene rings is 1. The second-order valence-electron chi connectivity index (χ2n) is 4.97. The van der Waals surface area contributed by atoms with Crippen LogP contribution in [-0.2, 0) is 19.1 Å². The zero-order valence-corrected chi connectivity index (χ0v) is 12.8. The van der Waals surface area contributed by atoms with Gasteiger partial charge in [-0.2, -0.15) is 0 Å². The molecule has 4 nitrogen and oxygen atoms in total. The van der Waals surface area contributed by atoms with E-state index in [0.29, 0.717) is 12.8 Å². The van der Waals surface area contributed by atoms with Crippen molar-refractivity contribution in [2.45, 2.75) is 45.4 Å². The average molecular weight is 292 g/mol. The predicted octanol–water partition coefficient (Wildman–Crippen LogP) is 3.46. The van der Waals surface area contributed by atoms with Crippen LogP contribution in [0.1, 0.15) is 51.0 Å². The van der Waals surface area contributed by atoms with Crippen molar-refractivity contribution in [2.75, 3.05) is 13.2 Å². The Labute approximate surface area is 126 Å². The first kappa shape index (κ1) is 17.2. The molecule has 0 bridgehead atoms. The molecule has 0 heterocycles. The first-order chi connectivity index (χ1) is 10.2. The van der Waals surface area contributed by atoms with Crippen molar-refractivity contribution < 1.29 is 19.1 Å². The minimum absolute atomic E-state index is 0.118. The Hall–Kier alpha value is -1.84. The number of hydrogen-bond donors (Lipinski definition) is 0. The van der Waals surface area contributed by atoms with Crippen LogP contribution in [0.3, 0.4) is 0 Å². The van der Waals surface area contributed by atoms with Crippen LogP contribution in [0.5, 0.6) is 0 Å². The summed E-state index contributed by atoms with van der Waals surface area (Å²) in [5.74, 6) is -0.538. The molecule has 0 atom stereocenters. The molecule has 0 N–H and O–H groups in total. The van der Waals surface area contributed by atoms with Gasteiger partial charge in [0.25, 0.3) is 0 Å². The maximum atomic E-state index is 11.5. The zero-order valence-electron chi connectivity index (χ0n) is 12.8. The van der Waals surface area contributed by atoms with E-state index in [1.807, 2.05) is 44.2 Å². The summed E-state index contributed by atoms with van der Waals surface area (Å²) in [6.45, 7) is 4.34. The van der Waals surface area contributed by atoms with E-state index in [2.05, 4.69) is 0 Å². The van der Waals surface area contributed by atoms with Gasteiger partial charge in [-0.25, -0.2) is 0 Å². The van der Waals surface area contributed by atoms with E-state index in [-0.39, 0.29) is 31.1 Å². The molecule has 4 heteroatoms. The standard InChI is InChI=1S/C17H24O4/c1-3-8-16(18)20-12-15(13-21-17(19)9-4-2)14-10-6-5-7-11-14/h5-7,10-11,15H,3-4,8-9,12-13H2,1-2H3. The fourth-order valence-corrected chi connectivity index (χ4v) is 1.91. The highest BCUT2D eigenvalue weighted by atomic mass is 16.5. The normalized spacial score (nSPS) is 10.4. The van der Waals surface area contributed by atoms with Crippen LogP contribution in [0.25, 0.3) is 0 Å². The number of carbonyl (C=O) groups excluding carboxylic acids is 2. The minimum Gasteiger partial charge on any atom is -0.465 e. The molecule has 0 saturated carbocycles. The number of esters is 2. The molecular weight excluding hydrogens is 268 g/mol. The van der Waals surface area contributed by atoms with Crippen molar-refractivity contribution in [1.29, 1.82) is 0 Å². The monoisotopic (exact) mass is 292 g/mol. The second-order valence-corrected chi connectivity index (χ2v) is 4.97. The molecule has 0 spiro atoms. The lowest BCUT2D eigenvalue weighted by Gasteiger charge is -2.17. The van der Waals surface area contributed by atoms with Gasteiger partial charge in [-0.1, -0.05) is 44.2 Å². The Morgan fingerprint density at radius 1 is 0.905 bits per heavy atom. The van der Waals surface area contributed by atoms with Crippen molar-refractivity contribution in [1.82, 2.24) is 0 Å². The van der Waals surface area contributed by atoms with Gasteiger partial charge in [0.05, 0.1) is 5.92 Å². The van der Waals surface area contributed by atoms with Crippen LogP contribution in [-0.4, -0.2) is 25.2 Å². The summed E-state index contributed by atoms with van der Waals surface area (Å²) in [5, 5.41) is 0. The van der Waals surface area contributed by atoms with Crippen molar-refractivity contribution in [3.8, 4) is 0 Å². The molecule has 0 aromatic heterocycles. The van der Waals surface area contributed by atoms with Crippen LogP contribution in [0.15, 0.2) is 30.3 Å². The lowest BCUT2D eigenvalue weighted by Crippen LogP contribution is -2.19. The van der Waals surface area contributed by atoms with Gasteiger partial charge >= 0.3 is 11.9 Å². The van der Waals surface area contributed by atoms with Gasteiger partial charge in [-0.3, -0.25) is 9.59 Å². The van der Waals surface area contributed by atoms with E-state index >= 15 is 0 Å². The molecule has 0 unspecified atom stereocenters. The smallest absolute Gasteiger partial charge is 0.305 e. The highest BCUT2D eigenvalue weighted by molar-refractivity contribution is 5.69. The third-order valence-corrected chi connectivity index (χ3v) is 3.07. The molecule has 0 amide bonds. The van der Waals surface area contributed by atoms with E-state index in [1.54, 1.807) is 0 Å². The first-order valence-electron chi connectivity index (χ1n) is 7.53. The first-order valence-corrected chi connectivity index (χ1v) is 7.53. The molecule has 0 fully saturated rings. The van der Waals surface area contributed by atoms with Gasteiger partial charge in [0.2, 0.25) is 0 Å². The van der Waals surface area contributed by atoms with Gasteiger partial charge in [0, 0.05) is 12.8 Å². The van der Waals surface area contributed by atoms with Gasteiger partial charge in [-0.05, 0) is 18.4 Å². The van der Waals surface area contributed by atoms with Crippen molar-refractivity contribution in [3.63, 3.8) is 0 Å². The van der Waals surface area contributed by atoms with Crippen molar-refractivity contribution >= 4 is 11.9 Å². The molecule has 0 radical (unpaired) electrons. The predicted molar refractivity (Wildman–Crippen MR) is 80.9 cm³/mol. The zero-order chi connectivity index (χ0) is 15.5. The van der Waals surface area contributed by atoms with E-state index in [4.69, 9.17) is 9.47 Å². The van der Waals surface area contributed by atoms with E-state index < -0.39 is 0 Å². The van der Waals surface area contributed by atoms with Crippen LogP contribution < -0.4 is 0 Å². The SMILES string of the molecule is CCCC(=O)OCC(COC(=O)CCC)c1ccccc1. The third-order valence-electron chi connectivity index (χ3n) is 3.07. The van der Waals surface area contributed by atoms with Crippen molar-refractivity contribution in [3.05, 3.63) is 35.9 Å². The largest absolute Gasteiger partial charge is 0.465 e.